The fraction of sp³-hybridized carbons (Fsp3) is 0.923. The molecular formula is C13H24O4. The van der Waals surface area contributed by atoms with Gasteiger partial charge in [-0.05, 0) is 32.1 Å². The van der Waals surface area contributed by atoms with Crippen LogP contribution in [0.25, 0.3) is 0 Å². The van der Waals surface area contributed by atoms with Gasteiger partial charge < -0.3 is 14.6 Å². The lowest BCUT2D eigenvalue weighted by molar-refractivity contribution is -0.172. The topological polar surface area (TPSA) is 55.8 Å². The second kappa shape index (κ2) is 7.67. The van der Waals surface area contributed by atoms with Crippen LogP contribution < -0.4 is 0 Å². The minimum atomic E-state index is -0.938. The van der Waals surface area contributed by atoms with Crippen LogP contribution >= 0.6 is 0 Å². The number of unbranched alkanes of at least 4 members (excludes halogenated alkanes) is 1. The molecule has 1 rings (SSSR count). The number of carboxylic acid groups (broad SMARTS) is 1. The predicted molar refractivity (Wildman–Crippen MR) is 65.1 cm³/mol. The summed E-state index contributed by atoms with van der Waals surface area (Å²) in [6.07, 6.45) is 6.44. The Labute approximate surface area is 103 Å². The molecule has 4 nitrogen and oxygen atoms in total. The van der Waals surface area contributed by atoms with E-state index in [0.717, 1.165) is 38.7 Å². The zero-order chi connectivity index (χ0) is 12.6. The van der Waals surface area contributed by atoms with E-state index in [2.05, 4.69) is 6.92 Å². The Kier molecular flexibility index (Phi) is 6.52. The summed E-state index contributed by atoms with van der Waals surface area (Å²) in [5.41, 5.74) is -0.938. The van der Waals surface area contributed by atoms with E-state index in [1.807, 2.05) is 0 Å². The Morgan fingerprint density at radius 2 is 1.88 bits per heavy atom. The molecular weight excluding hydrogens is 220 g/mol. The molecule has 4 heteroatoms. The first-order valence-corrected chi connectivity index (χ1v) is 6.66. The Hall–Kier alpha value is -0.610. The van der Waals surface area contributed by atoms with Crippen LogP contribution in [0.1, 0.15) is 51.9 Å². The van der Waals surface area contributed by atoms with Crippen molar-refractivity contribution in [2.24, 2.45) is 0 Å². The van der Waals surface area contributed by atoms with E-state index in [0.29, 0.717) is 26.1 Å². The van der Waals surface area contributed by atoms with Crippen LogP contribution in [0.3, 0.4) is 0 Å². The van der Waals surface area contributed by atoms with Crippen molar-refractivity contribution in [1.82, 2.24) is 0 Å². The zero-order valence-corrected chi connectivity index (χ0v) is 10.7. The van der Waals surface area contributed by atoms with Gasteiger partial charge in [-0.2, -0.15) is 0 Å². The lowest BCUT2D eigenvalue weighted by Gasteiger charge is -2.33. The normalized spacial score (nSPS) is 19.1. The number of carbonyl (C=O) groups is 1. The van der Waals surface area contributed by atoms with E-state index in [1.54, 1.807) is 0 Å². The molecule has 0 radical (unpaired) electrons. The summed E-state index contributed by atoms with van der Waals surface area (Å²) in [7, 11) is 0. The molecule has 0 heterocycles. The molecule has 17 heavy (non-hydrogen) atoms. The summed E-state index contributed by atoms with van der Waals surface area (Å²) < 4.78 is 11.0. The van der Waals surface area contributed by atoms with Crippen molar-refractivity contribution in [1.29, 1.82) is 0 Å². The Morgan fingerprint density at radius 1 is 1.18 bits per heavy atom. The van der Waals surface area contributed by atoms with Gasteiger partial charge in [-0.25, -0.2) is 4.79 Å². The number of ether oxygens (including phenoxy) is 2. The van der Waals surface area contributed by atoms with Gasteiger partial charge in [0.1, 0.15) is 0 Å². The van der Waals surface area contributed by atoms with Gasteiger partial charge in [-0.15, -0.1) is 0 Å². The maximum atomic E-state index is 11.3. The van der Waals surface area contributed by atoms with Crippen molar-refractivity contribution >= 4 is 5.97 Å². The second-order valence-corrected chi connectivity index (χ2v) is 4.67. The van der Waals surface area contributed by atoms with E-state index < -0.39 is 11.6 Å². The first-order chi connectivity index (χ1) is 8.21. The van der Waals surface area contributed by atoms with Crippen LogP contribution in [-0.2, 0) is 14.3 Å². The third kappa shape index (κ3) is 4.64. The SMILES string of the molecule is CCCCOCCOC1(C(=O)O)CCCCC1. The van der Waals surface area contributed by atoms with Gasteiger partial charge in [0.05, 0.1) is 13.2 Å². The molecule has 0 amide bonds. The molecule has 1 saturated carbocycles. The van der Waals surface area contributed by atoms with Crippen LogP contribution in [0.4, 0.5) is 0 Å². The van der Waals surface area contributed by atoms with Crippen LogP contribution in [0, 0.1) is 0 Å². The van der Waals surface area contributed by atoms with Gasteiger partial charge >= 0.3 is 5.97 Å². The third-order valence-electron chi connectivity index (χ3n) is 3.30. The van der Waals surface area contributed by atoms with Crippen molar-refractivity contribution in [2.75, 3.05) is 19.8 Å². The lowest BCUT2D eigenvalue weighted by Crippen LogP contribution is -2.44. The highest BCUT2D eigenvalue weighted by Gasteiger charge is 2.40. The Morgan fingerprint density at radius 3 is 2.47 bits per heavy atom. The molecule has 0 bridgehead atoms. The van der Waals surface area contributed by atoms with Gasteiger partial charge in [0.15, 0.2) is 5.60 Å². The van der Waals surface area contributed by atoms with Gasteiger partial charge in [0.25, 0.3) is 0 Å². The molecule has 0 aromatic rings. The van der Waals surface area contributed by atoms with Gasteiger partial charge in [-0.3, -0.25) is 0 Å². The van der Waals surface area contributed by atoms with Gasteiger partial charge in [0.2, 0.25) is 0 Å². The molecule has 1 N–H and O–H groups in total. The van der Waals surface area contributed by atoms with Crippen LogP contribution in [0.5, 0.6) is 0 Å². The minimum Gasteiger partial charge on any atom is -0.479 e. The number of carboxylic acids is 1. The molecule has 1 aliphatic carbocycles. The standard InChI is InChI=1S/C13H24O4/c1-2-3-9-16-10-11-17-13(12(14)15)7-5-4-6-8-13/h2-11H2,1H3,(H,14,15). The fourth-order valence-electron chi connectivity index (χ4n) is 2.19. The molecule has 100 valence electrons. The Bertz CT molecular complexity index is 221. The van der Waals surface area contributed by atoms with E-state index in [9.17, 15) is 9.90 Å². The summed E-state index contributed by atoms with van der Waals surface area (Å²) >= 11 is 0. The molecule has 0 unspecified atom stereocenters. The molecule has 0 aromatic carbocycles. The van der Waals surface area contributed by atoms with Crippen molar-refractivity contribution in [3.05, 3.63) is 0 Å². The Balaban J connectivity index is 2.23. The average molecular weight is 244 g/mol. The number of rotatable bonds is 8. The molecule has 0 aliphatic heterocycles. The van der Waals surface area contributed by atoms with E-state index in [1.165, 1.54) is 0 Å². The van der Waals surface area contributed by atoms with Gasteiger partial charge in [-0.1, -0.05) is 19.8 Å². The van der Waals surface area contributed by atoms with Crippen molar-refractivity contribution in [3.8, 4) is 0 Å². The summed E-state index contributed by atoms with van der Waals surface area (Å²) in [6.45, 7) is 3.73. The zero-order valence-electron chi connectivity index (χ0n) is 10.7. The highest BCUT2D eigenvalue weighted by atomic mass is 16.6. The monoisotopic (exact) mass is 244 g/mol. The third-order valence-corrected chi connectivity index (χ3v) is 3.30. The van der Waals surface area contributed by atoms with Crippen molar-refractivity contribution in [2.45, 2.75) is 57.5 Å². The number of aliphatic carboxylic acids is 1. The molecule has 0 spiro atoms. The predicted octanol–water partition coefficient (Wildman–Crippen LogP) is 2.61. The van der Waals surface area contributed by atoms with E-state index in [4.69, 9.17) is 9.47 Å². The van der Waals surface area contributed by atoms with E-state index >= 15 is 0 Å². The summed E-state index contributed by atoms with van der Waals surface area (Å²) in [4.78, 5) is 11.3. The van der Waals surface area contributed by atoms with Crippen LogP contribution in [0.15, 0.2) is 0 Å². The first-order valence-electron chi connectivity index (χ1n) is 6.66. The number of hydrogen-bond donors (Lipinski definition) is 1. The van der Waals surface area contributed by atoms with Crippen LogP contribution in [0.2, 0.25) is 0 Å². The molecule has 1 fully saturated rings. The summed E-state index contributed by atoms with van der Waals surface area (Å²) in [5.74, 6) is -0.814. The maximum absolute atomic E-state index is 11.3. The maximum Gasteiger partial charge on any atom is 0.335 e. The lowest BCUT2D eigenvalue weighted by atomic mass is 9.85. The van der Waals surface area contributed by atoms with Gasteiger partial charge in [0, 0.05) is 6.61 Å². The highest BCUT2D eigenvalue weighted by molar-refractivity contribution is 5.77. The quantitative estimate of drug-likeness (QED) is 0.667. The molecule has 0 aromatic heterocycles. The molecule has 1 aliphatic rings. The second-order valence-electron chi connectivity index (χ2n) is 4.67. The largest absolute Gasteiger partial charge is 0.479 e. The summed E-state index contributed by atoms with van der Waals surface area (Å²) in [6, 6.07) is 0. The van der Waals surface area contributed by atoms with Crippen LogP contribution in [-0.4, -0.2) is 36.5 Å². The highest BCUT2D eigenvalue weighted by Crippen LogP contribution is 2.31. The van der Waals surface area contributed by atoms with Crippen molar-refractivity contribution < 1.29 is 19.4 Å². The molecule has 0 atom stereocenters. The summed E-state index contributed by atoms with van der Waals surface area (Å²) in [5, 5.41) is 9.26. The fourth-order valence-corrected chi connectivity index (χ4v) is 2.19. The van der Waals surface area contributed by atoms with Crippen molar-refractivity contribution in [3.63, 3.8) is 0 Å². The minimum absolute atomic E-state index is 0.385. The molecule has 0 saturated heterocycles. The smallest absolute Gasteiger partial charge is 0.335 e. The van der Waals surface area contributed by atoms with E-state index in [-0.39, 0.29) is 0 Å². The average Bonchev–Trinajstić information content (AvgIpc) is 2.34. The first kappa shape index (κ1) is 14.5. The number of hydrogen-bond acceptors (Lipinski definition) is 3.